The van der Waals surface area contributed by atoms with Crippen LogP contribution in [0.5, 0.6) is 0 Å². The highest BCUT2D eigenvalue weighted by molar-refractivity contribution is 5.83. The van der Waals surface area contributed by atoms with Crippen LogP contribution in [-0.4, -0.2) is 18.9 Å². The maximum absolute atomic E-state index is 12.0. The Bertz CT molecular complexity index is 338. The lowest BCUT2D eigenvalue weighted by molar-refractivity contribution is -0.140. The van der Waals surface area contributed by atoms with E-state index in [1.54, 1.807) is 0 Å². The van der Waals surface area contributed by atoms with Gasteiger partial charge in [0.1, 0.15) is 5.78 Å². The molecule has 0 saturated heterocycles. The Balaban J connectivity index is 1.84. The molecule has 0 aliphatic heterocycles. The number of carbonyl (C=O) groups excluding carboxylic acids is 2. The minimum absolute atomic E-state index is 0.0896. The van der Waals surface area contributed by atoms with Gasteiger partial charge in [-0.1, -0.05) is 58.3 Å². The summed E-state index contributed by atoms with van der Waals surface area (Å²) in [5.41, 5.74) is 0. The molecule has 0 unspecified atom stereocenters. The molecule has 1 aliphatic carbocycles. The highest BCUT2D eigenvalue weighted by atomic mass is 16.5. The normalized spacial score (nSPS) is 19.6. The van der Waals surface area contributed by atoms with Crippen molar-refractivity contribution >= 4 is 11.8 Å². The maximum atomic E-state index is 12.0. The summed E-state index contributed by atoms with van der Waals surface area (Å²) in [5, 5.41) is 0. The first-order valence-electron chi connectivity index (χ1n) is 9.78. The molecule has 3 heteroatoms. The first-order valence-corrected chi connectivity index (χ1v) is 9.78. The number of carbonyl (C=O) groups is 2. The SMILES string of the molecule is CCCCCC(=O)[C@H]1C[C@H]1CCCCCCCCCC(=O)OC. The van der Waals surface area contributed by atoms with Crippen molar-refractivity contribution in [1.82, 2.24) is 0 Å². The number of ether oxygens (including phenoxy) is 1. The van der Waals surface area contributed by atoms with E-state index in [0.717, 1.165) is 25.7 Å². The van der Waals surface area contributed by atoms with E-state index in [1.165, 1.54) is 64.9 Å². The molecule has 0 bridgehead atoms. The summed E-state index contributed by atoms with van der Waals surface area (Å²) in [4.78, 5) is 22.9. The summed E-state index contributed by atoms with van der Waals surface area (Å²) < 4.78 is 4.63. The fourth-order valence-electron chi connectivity index (χ4n) is 3.36. The molecule has 1 fully saturated rings. The van der Waals surface area contributed by atoms with Gasteiger partial charge in [-0.25, -0.2) is 0 Å². The lowest BCUT2D eigenvalue weighted by atomic mass is 10.0. The average molecular weight is 325 g/mol. The molecule has 0 N–H and O–H groups in total. The third kappa shape index (κ3) is 9.78. The van der Waals surface area contributed by atoms with Crippen molar-refractivity contribution in [2.45, 2.75) is 96.8 Å². The van der Waals surface area contributed by atoms with Gasteiger partial charge in [0, 0.05) is 18.8 Å². The predicted molar refractivity (Wildman–Crippen MR) is 94.3 cm³/mol. The van der Waals surface area contributed by atoms with Crippen LogP contribution in [0.3, 0.4) is 0 Å². The monoisotopic (exact) mass is 324 g/mol. The molecule has 1 saturated carbocycles. The van der Waals surface area contributed by atoms with Crippen molar-refractivity contribution in [2.75, 3.05) is 7.11 Å². The number of rotatable bonds is 15. The third-order valence-electron chi connectivity index (χ3n) is 5.05. The maximum Gasteiger partial charge on any atom is 0.305 e. The Morgan fingerprint density at radius 2 is 1.48 bits per heavy atom. The van der Waals surface area contributed by atoms with Crippen LogP contribution in [0, 0.1) is 11.8 Å². The van der Waals surface area contributed by atoms with Gasteiger partial charge in [0.25, 0.3) is 0 Å². The van der Waals surface area contributed by atoms with E-state index in [1.807, 2.05) is 0 Å². The quantitative estimate of drug-likeness (QED) is 0.297. The summed E-state index contributed by atoms with van der Waals surface area (Å²) in [7, 11) is 1.45. The summed E-state index contributed by atoms with van der Waals surface area (Å²) >= 11 is 0. The summed E-state index contributed by atoms with van der Waals surface area (Å²) in [6.45, 7) is 2.18. The predicted octanol–water partition coefficient (Wildman–Crippen LogP) is 5.46. The van der Waals surface area contributed by atoms with Crippen molar-refractivity contribution in [3.63, 3.8) is 0 Å². The zero-order chi connectivity index (χ0) is 16.9. The first kappa shape index (κ1) is 20.2. The van der Waals surface area contributed by atoms with Gasteiger partial charge in [-0.3, -0.25) is 9.59 Å². The number of hydrogen-bond donors (Lipinski definition) is 0. The smallest absolute Gasteiger partial charge is 0.305 e. The van der Waals surface area contributed by atoms with Gasteiger partial charge in [0.15, 0.2) is 0 Å². The first-order chi connectivity index (χ1) is 11.2. The molecule has 2 atom stereocenters. The van der Waals surface area contributed by atoms with E-state index in [-0.39, 0.29) is 5.97 Å². The van der Waals surface area contributed by atoms with Gasteiger partial charge >= 0.3 is 5.97 Å². The lowest BCUT2D eigenvalue weighted by Gasteiger charge is -2.03. The Kier molecular flexibility index (Phi) is 11.0. The van der Waals surface area contributed by atoms with Gasteiger partial charge in [-0.05, 0) is 31.6 Å². The molecule has 23 heavy (non-hydrogen) atoms. The van der Waals surface area contributed by atoms with Crippen molar-refractivity contribution in [2.24, 2.45) is 11.8 Å². The molecule has 0 amide bonds. The number of methoxy groups -OCH3 is 1. The number of Topliss-reactive ketones (excluding diaryl/α,β-unsaturated/α-hetero) is 1. The molecular formula is C20H36O3. The Hall–Kier alpha value is -0.860. The summed E-state index contributed by atoms with van der Waals surface area (Å²) in [6, 6.07) is 0. The van der Waals surface area contributed by atoms with Crippen molar-refractivity contribution in [3.05, 3.63) is 0 Å². The second-order valence-electron chi connectivity index (χ2n) is 7.12. The van der Waals surface area contributed by atoms with Crippen LogP contribution < -0.4 is 0 Å². The van der Waals surface area contributed by atoms with Crippen LogP contribution in [0.4, 0.5) is 0 Å². The number of esters is 1. The van der Waals surface area contributed by atoms with E-state index in [0.29, 0.717) is 24.0 Å². The zero-order valence-electron chi connectivity index (χ0n) is 15.3. The Morgan fingerprint density at radius 3 is 2.13 bits per heavy atom. The van der Waals surface area contributed by atoms with Gasteiger partial charge in [-0.15, -0.1) is 0 Å². The standard InChI is InChI=1S/C20H36O3/c1-3-4-10-14-19(21)18-16-17(18)13-11-8-6-5-7-9-12-15-20(22)23-2/h17-18H,3-16H2,1-2H3/t17-,18+/m1/s1. The number of hydrogen-bond acceptors (Lipinski definition) is 3. The van der Waals surface area contributed by atoms with Crippen LogP contribution in [-0.2, 0) is 14.3 Å². The summed E-state index contributed by atoms with van der Waals surface area (Å²) in [5.74, 6) is 1.58. The molecular weight excluding hydrogens is 288 g/mol. The number of ketones is 1. The van der Waals surface area contributed by atoms with Gasteiger partial charge < -0.3 is 4.74 Å². The van der Waals surface area contributed by atoms with Crippen molar-refractivity contribution < 1.29 is 14.3 Å². The fraction of sp³-hybridized carbons (Fsp3) is 0.900. The molecule has 0 spiro atoms. The number of unbranched alkanes of at least 4 members (excludes halogenated alkanes) is 8. The minimum Gasteiger partial charge on any atom is -0.469 e. The molecule has 3 nitrogen and oxygen atoms in total. The van der Waals surface area contributed by atoms with E-state index < -0.39 is 0 Å². The highest BCUT2D eigenvalue weighted by Crippen LogP contribution is 2.44. The second-order valence-corrected chi connectivity index (χ2v) is 7.12. The van der Waals surface area contributed by atoms with Crippen LogP contribution in [0.25, 0.3) is 0 Å². The van der Waals surface area contributed by atoms with Crippen LogP contribution in [0.15, 0.2) is 0 Å². The molecule has 0 heterocycles. The fourth-order valence-corrected chi connectivity index (χ4v) is 3.36. The molecule has 1 aliphatic rings. The third-order valence-corrected chi connectivity index (χ3v) is 5.05. The topological polar surface area (TPSA) is 43.4 Å². The molecule has 1 rings (SSSR count). The summed E-state index contributed by atoms with van der Waals surface area (Å²) in [6.07, 6.45) is 15.7. The van der Waals surface area contributed by atoms with E-state index in [4.69, 9.17) is 0 Å². The van der Waals surface area contributed by atoms with Crippen LogP contribution in [0.2, 0.25) is 0 Å². The van der Waals surface area contributed by atoms with Gasteiger partial charge in [0.2, 0.25) is 0 Å². The van der Waals surface area contributed by atoms with Crippen LogP contribution in [0.1, 0.15) is 96.8 Å². The van der Waals surface area contributed by atoms with E-state index in [9.17, 15) is 9.59 Å². The molecule has 134 valence electrons. The van der Waals surface area contributed by atoms with Crippen LogP contribution >= 0.6 is 0 Å². The minimum atomic E-state index is -0.0896. The second kappa shape index (κ2) is 12.5. The molecule has 0 aromatic heterocycles. The van der Waals surface area contributed by atoms with Gasteiger partial charge in [0.05, 0.1) is 7.11 Å². The lowest BCUT2D eigenvalue weighted by Crippen LogP contribution is -2.02. The largest absolute Gasteiger partial charge is 0.469 e. The van der Waals surface area contributed by atoms with Gasteiger partial charge in [-0.2, -0.15) is 0 Å². The van der Waals surface area contributed by atoms with Crippen molar-refractivity contribution in [3.8, 4) is 0 Å². The average Bonchev–Trinajstić information content (AvgIpc) is 3.32. The molecule has 0 aromatic carbocycles. The Labute approximate surface area is 142 Å². The van der Waals surface area contributed by atoms with Crippen molar-refractivity contribution in [1.29, 1.82) is 0 Å². The zero-order valence-corrected chi connectivity index (χ0v) is 15.3. The Morgan fingerprint density at radius 1 is 0.870 bits per heavy atom. The molecule has 0 aromatic rings. The van der Waals surface area contributed by atoms with E-state index in [2.05, 4.69) is 11.7 Å². The molecule has 0 radical (unpaired) electrons. The highest BCUT2D eigenvalue weighted by Gasteiger charge is 2.40. The van der Waals surface area contributed by atoms with E-state index >= 15 is 0 Å².